The number of likely N-dealkylation sites (tertiary alicyclic amines) is 1. The molecule has 0 unspecified atom stereocenters. The number of benzene rings is 2. The standard InChI is InChI=1S/C25H30N4O/c1-17-13-24(30-2)22(21-10-11-28-25(17)21)16-29-12-4-3-5-23(29)19-8-6-18(7-9-19)20(14-26)15-27/h6-11,13-15,23,26,28H,3-5,12,16,27H2,1-2H3/b20-15+,26-14?/t23-/m0/s1. The predicted molar refractivity (Wildman–Crippen MR) is 124 cm³/mol. The highest BCUT2D eigenvalue weighted by Crippen LogP contribution is 2.37. The maximum Gasteiger partial charge on any atom is 0.124 e. The van der Waals surface area contributed by atoms with E-state index in [9.17, 15) is 0 Å². The summed E-state index contributed by atoms with van der Waals surface area (Å²) < 4.78 is 5.77. The van der Waals surface area contributed by atoms with E-state index in [2.05, 4.69) is 53.2 Å². The number of aryl methyl sites for hydroxylation is 1. The summed E-state index contributed by atoms with van der Waals surface area (Å²) in [5, 5.41) is 8.76. The molecule has 5 heteroatoms. The van der Waals surface area contributed by atoms with Crippen molar-refractivity contribution >= 4 is 22.7 Å². The lowest BCUT2D eigenvalue weighted by Gasteiger charge is -2.36. The Morgan fingerprint density at radius 2 is 2.07 bits per heavy atom. The topological polar surface area (TPSA) is 78.1 Å². The van der Waals surface area contributed by atoms with Gasteiger partial charge >= 0.3 is 0 Å². The fourth-order valence-corrected chi connectivity index (χ4v) is 4.67. The maximum absolute atomic E-state index is 7.51. The van der Waals surface area contributed by atoms with Crippen LogP contribution >= 0.6 is 0 Å². The molecule has 1 aliphatic rings. The number of aromatic amines is 1. The fraction of sp³-hybridized carbons (Fsp3) is 0.320. The minimum absolute atomic E-state index is 0.373. The van der Waals surface area contributed by atoms with Crippen LogP contribution in [0.1, 0.15) is 47.6 Å². The zero-order valence-corrected chi connectivity index (χ0v) is 17.7. The van der Waals surface area contributed by atoms with Crippen LogP contribution in [0.3, 0.4) is 0 Å². The van der Waals surface area contributed by atoms with Crippen molar-refractivity contribution in [1.29, 1.82) is 5.41 Å². The number of nitrogens with zero attached hydrogens (tertiary/aromatic N) is 1. The number of allylic oxidation sites excluding steroid dienone is 1. The maximum atomic E-state index is 7.51. The number of hydrogen-bond acceptors (Lipinski definition) is 4. The number of H-pyrrole nitrogens is 1. The fourth-order valence-electron chi connectivity index (χ4n) is 4.67. The van der Waals surface area contributed by atoms with Crippen molar-refractivity contribution in [2.45, 2.75) is 38.8 Å². The van der Waals surface area contributed by atoms with E-state index >= 15 is 0 Å². The van der Waals surface area contributed by atoms with Crippen LogP contribution in [-0.2, 0) is 6.54 Å². The number of piperidine rings is 1. The molecular formula is C25H30N4O. The molecule has 0 aliphatic carbocycles. The number of rotatable bonds is 6. The Hall–Kier alpha value is -3.05. The van der Waals surface area contributed by atoms with Crippen LogP contribution in [0.4, 0.5) is 0 Å². The van der Waals surface area contributed by atoms with Crippen molar-refractivity contribution in [2.24, 2.45) is 5.73 Å². The number of methoxy groups -OCH3 is 1. The van der Waals surface area contributed by atoms with Gasteiger partial charge in [-0.3, -0.25) is 4.90 Å². The summed E-state index contributed by atoms with van der Waals surface area (Å²) >= 11 is 0. The number of ether oxygens (including phenoxy) is 1. The summed E-state index contributed by atoms with van der Waals surface area (Å²) in [7, 11) is 1.76. The SMILES string of the molecule is COc1cc(C)c2[nH]ccc2c1CN1CCCC[C@H]1c1ccc(/C(C=N)=C/N)cc1. The molecule has 1 aromatic heterocycles. The molecule has 0 bridgehead atoms. The summed E-state index contributed by atoms with van der Waals surface area (Å²) in [5.74, 6) is 0.961. The average Bonchev–Trinajstić information content (AvgIpc) is 3.28. The van der Waals surface area contributed by atoms with Crippen molar-refractivity contribution in [3.05, 3.63) is 71.0 Å². The van der Waals surface area contributed by atoms with Gasteiger partial charge in [-0.15, -0.1) is 0 Å². The lowest BCUT2D eigenvalue weighted by atomic mass is 9.92. The lowest BCUT2D eigenvalue weighted by Crippen LogP contribution is -2.33. The number of nitrogens with two attached hydrogens (primary N) is 1. The monoisotopic (exact) mass is 402 g/mol. The molecule has 2 heterocycles. The Balaban J connectivity index is 1.66. The molecule has 0 amide bonds. The van der Waals surface area contributed by atoms with Crippen molar-refractivity contribution in [2.75, 3.05) is 13.7 Å². The van der Waals surface area contributed by atoms with Crippen LogP contribution in [0.2, 0.25) is 0 Å². The first-order valence-corrected chi connectivity index (χ1v) is 10.6. The van der Waals surface area contributed by atoms with Gasteiger partial charge in [0.25, 0.3) is 0 Å². The zero-order chi connectivity index (χ0) is 21.1. The molecule has 0 saturated carbocycles. The highest BCUT2D eigenvalue weighted by Gasteiger charge is 2.26. The van der Waals surface area contributed by atoms with E-state index < -0.39 is 0 Å². The van der Waals surface area contributed by atoms with Gasteiger partial charge in [0.1, 0.15) is 5.75 Å². The Labute approximate surface area is 178 Å². The van der Waals surface area contributed by atoms with Crippen LogP contribution in [0.25, 0.3) is 16.5 Å². The van der Waals surface area contributed by atoms with Crippen molar-refractivity contribution in [1.82, 2.24) is 9.88 Å². The Morgan fingerprint density at radius 3 is 2.77 bits per heavy atom. The molecule has 4 rings (SSSR count). The third-order valence-corrected chi connectivity index (χ3v) is 6.27. The van der Waals surface area contributed by atoms with Crippen LogP contribution in [-0.4, -0.2) is 29.8 Å². The van der Waals surface area contributed by atoms with Gasteiger partial charge in [-0.05, 0) is 55.1 Å². The van der Waals surface area contributed by atoms with Crippen molar-refractivity contribution in [3.8, 4) is 5.75 Å². The number of hydrogen-bond donors (Lipinski definition) is 3. The van der Waals surface area contributed by atoms with E-state index in [4.69, 9.17) is 15.9 Å². The molecule has 0 spiro atoms. The molecule has 1 atom stereocenters. The molecule has 0 radical (unpaired) electrons. The van der Waals surface area contributed by atoms with Crippen LogP contribution in [0, 0.1) is 12.3 Å². The van der Waals surface area contributed by atoms with Gasteiger partial charge in [0.15, 0.2) is 0 Å². The third-order valence-electron chi connectivity index (χ3n) is 6.27. The minimum Gasteiger partial charge on any atom is -0.496 e. The van der Waals surface area contributed by atoms with Gasteiger partial charge in [0.05, 0.1) is 7.11 Å². The Morgan fingerprint density at radius 1 is 1.27 bits per heavy atom. The first-order valence-electron chi connectivity index (χ1n) is 10.6. The molecule has 4 N–H and O–H groups in total. The molecule has 1 fully saturated rings. The van der Waals surface area contributed by atoms with E-state index in [1.54, 1.807) is 7.11 Å². The summed E-state index contributed by atoms with van der Waals surface area (Å²) in [6.45, 7) is 4.05. The van der Waals surface area contributed by atoms with Gasteiger partial charge in [-0.2, -0.15) is 0 Å². The van der Waals surface area contributed by atoms with Crippen molar-refractivity contribution < 1.29 is 4.74 Å². The molecule has 156 valence electrons. The molecule has 30 heavy (non-hydrogen) atoms. The largest absolute Gasteiger partial charge is 0.496 e. The predicted octanol–water partition coefficient (Wildman–Crippen LogP) is 5.16. The second-order valence-electron chi connectivity index (χ2n) is 8.01. The minimum atomic E-state index is 0.373. The summed E-state index contributed by atoms with van der Waals surface area (Å²) in [6, 6.07) is 13.2. The zero-order valence-electron chi connectivity index (χ0n) is 17.7. The average molecular weight is 403 g/mol. The highest BCUT2D eigenvalue weighted by atomic mass is 16.5. The quantitative estimate of drug-likeness (QED) is 0.498. The van der Waals surface area contributed by atoms with Crippen LogP contribution in [0.5, 0.6) is 5.75 Å². The first kappa shape index (κ1) is 20.2. The van der Waals surface area contributed by atoms with E-state index in [1.807, 2.05) is 6.20 Å². The van der Waals surface area contributed by atoms with Gasteiger partial charge in [-0.1, -0.05) is 30.7 Å². The van der Waals surface area contributed by atoms with Crippen LogP contribution < -0.4 is 10.5 Å². The smallest absolute Gasteiger partial charge is 0.124 e. The molecule has 5 nitrogen and oxygen atoms in total. The van der Waals surface area contributed by atoms with Gasteiger partial charge in [0, 0.05) is 53.2 Å². The van der Waals surface area contributed by atoms with Gasteiger partial charge in [-0.25, -0.2) is 0 Å². The summed E-state index contributed by atoms with van der Waals surface area (Å²) in [4.78, 5) is 5.96. The second-order valence-corrected chi connectivity index (χ2v) is 8.01. The molecule has 3 aromatic rings. The van der Waals surface area contributed by atoms with E-state index in [0.29, 0.717) is 6.04 Å². The van der Waals surface area contributed by atoms with E-state index in [0.717, 1.165) is 36.4 Å². The number of aromatic nitrogens is 1. The highest BCUT2D eigenvalue weighted by molar-refractivity contribution is 6.08. The summed E-state index contributed by atoms with van der Waals surface area (Å²) in [6.07, 6.45) is 8.40. The number of nitrogens with one attached hydrogen (secondary N) is 2. The van der Waals surface area contributed by atoms with Crippen molar-refractivity contribution in [3.63, 3.8) is 0 Å². The Bertz CT molecular complexity index is 1060. The van der Waals surface area contributed by atoms with Gasteiger partial charge in [0.2, 0.25) is 0 Å². The number of fused-ring (bicyclic) bond motifs is 1. The molecule has 2 aromatic carbocycles. The Kier molecular flexibility index (Phi) is 5.91. The summed E-state index contributed by atoms with van der Waals surface area (Å²) in [5.41, 5.74) is 12.3. The first-order chi connectivity index (χ1) is 14.7. The second kappa shape index (κ2) is 8.76. The molecule has 1 aliphatic heterocycles. The van der Waals surface area contributed by atoms with E-state index in [-0.39, 0.29) is 0 Å². The molecular weight excluding hydrogens is 372 g/mol. The molecule has 1 saturated heterocycles. The lowest BCUT2D eigenvalue weighted by molar-refractivity contribution is 0.139. The third kappa shape index (κ3) is 3.73. The van der Waals surface area contributed by atoms with Crippen LogP contribution in [0.15, 0.2) is 48.8 Å². The normalized spacial score (nSPS) is 17.9. The van der Waals surface area contributed by atoms with Gasteiger partial charge < -0.3 is 20.9 Å². The van der Waals surface area contributed by atoms with E-state index in [1.165, 1.54) is 52.8 Å².